The Hall–Kier alpha value is -1.88. The Balaban J connectivity index is 1.60. The van der Waals surface area contributed by atoms with Crippen LogP contribution in [0.5, 0.6) is 0 Å². The number of nitrogens with zero attached hydrogens (tertiary/aromatic N) is 2. The Kier molecular flexibility index (Phi) is 7.49. The Labute approximate surface area is 173 Å². The van der Waals surface area contributed by atoms with Gasteiger partial charge in [-0.25, -0.2) is 0 Å². The molecule has 1 aliphatic heterocycles. The third-order valence-electron chi connectivity index (χ3n) is 5.54. The van der Waals surface area contributed by atoms with Crippen molar-refractivity contribution in [3.8, 4) is 0 Å². The first-order valence-corrected chi connectivity index (χ1v) is 10.4. The van der Waals surface area contributed by atoms with Crippen LogP contribution in [-0.2, 0) is 11.2 Å². The molecule has 28 heavy (non-hydrogen) atoms. The molecule has 0 saturated carbocycles. The number of likely N-dealkylation sites (N-methyl/N-ethyl adjacent to an activating group) is 1. The molecule has 2 aromatic carbocycles. The molecule has 4 nitrogen and oxygen atoms in total. The van der Waals surface area contributed by atoms with Gasteiger partial charge in [0.1, 0.15) is 0 Å². The van der Waals surface area contributed by atoms with Crippen LogP contribution in [0.4, 0.5) is 0 Å². The highest BCUT2D eigenvalue weighted by molar-refractivity contribution is 6.30. The summed E-state index contributed by atoms with van der Waals surface area (Å²) in [6.07, 6.45) is 0.716. The van der Waals surface area contributed by atoms with Crippen molar-refractivity contribution in [3.63, 3.8) is 0 Å². The van der Waals surface area contributed by atoms with Crippen molar-refractivity contribution in [2.24, 2.45) is 5.92 Å². The number of rotatable bonds is 7. The van der Waals surface area contributed by atoms with Crippen molar-refractivity contribution >= 4 is 17.5 Å². The van der Waals surface area contributed by atoms with Crippen molar-refractivity contribution in [1.29, 1.82) is 0 Å². The third-order valence-corrected chi connectivity index (χ3v) is 5.79. The van der Waals surface area contributed by atoms with E-state index in [4.69, 9.17) is 11.6 Å². The lowest BCUT2D eigenvalue weighted by molar-refractivity contribution is -0.124. The second kappa shape index (κ2) is 10.1. The van der Waals surface area contributed by atoms with Gasteiger partial charge in [-0.2, -0.15) is 0 Å². The highest BCUT2D eigenvalue weighted by Gasteiger charge is 2.25. The summed E-state index contributed by atoms with van der Waals surface area (Å²) in [6, 6.07) is 18.4. The molecule has 0 aliphatic carbocycles. The molecule has 2 atom stereocenters. The lowest BCUT2D eigenvalue weighted by Crippen LogP contribution is -2.48. The highest BCUT2D eigenvalue weighted by atomic mass is 35.5. The molecule has 0 aromatic heterocycles. The Morgan fingerprint density at radius 2 is 1.68 bits per heavy atom. The molecule has 1 aliphatic rings. The van der Waals surface area contributed by atoms with Crippen LogP contribution in [0.1, 0.15) is 24.1 Å². The largest absolute Gasteiger partial charge is 0.354 e. The van der Waals surface area contributed by atoms with Gasteiger partial charge in [0.05, 0.1) is 6.04 Å². The van der Waals surface area contributed by atoms with Gasteiger partial charge in [-0.05, 0) is 36.7 Å². The lowest BCUT2D eigenvalue weighted by atomic mass is 9.99. The standard InChI is InChI=1S/C23H30ClN3O/c1-18(16-19-8-10-21(24)11-9-19)23(28)25-17-22(20-6-4-3-5-7-20)27-14-12-26(2)13-15-27/h3-11,18,22H,12-17H2,1-2H3,(H,25,28). The van der Waals surface area contributed by atoms with Gasteiger partial charge in [0.15, 0.2) is 0 Å². The molecule has 2 aromatic rings. The van der Waals surface area contributed by atoms with Crippen molar-refractivity contribution < 1.29 is 4.79 Å². The summed E-state index contributed by atoms with van der Waals surface area (Å²) in [5.74, 6) is 0.0232. The molecular formula is C23H30ClN3O. The minimum Gasteiger partial charge on any atom is -0.354 e. The summed E-state index contributed by atoms with van der Waals surface area (Å²) in [7, 11) is 2.16. The quantitative estimate of drug-likeness (QED) is 0.772. The molecule has 1 N–H and O–H groups in total. The Morgan fingerprint density at radius 3 is 2.32 bits per heavy atom. The molecule has 2 unspecified atom stereocenters. The van der Waals surface area contributed by atoms with Crippen LogP contribution in [-0.4, -0.2) is 55.5 Å². The molecule has 3 rings (SSSR count). The van der Waals surface area contributed by atoms with Crippen molar-refractivity contribution in [3.05, 3.63) is 70.7 Å². The van der Waals surface area contributed by atoms with E-state index in [1.54, 1.807) is 0 Å². The minimum atomic E-state index is -0.0786. The Bertz CT molecular complexity index is 742. The summed E-state index contributed by atoms with van der Waals surface area (Å²) in [6.45, 7) is 6.78. The topological polar surface area (TPSA) is 35.6 Å². The maximum Gasteiger partial charge on any atom is 0.223 e. The lowest BCUT2D eigenvalue weighted by Gasteiger charge is -2.38. The number of carbonyl (C=O) groups excluding carboxylic acids is 1. The third kappa shape index (κ3) is 5.81. The molecular weight excluding hydrogens is 370 g/mol. The fourth-order valence-electron chi connectivity index (χ4n) is 3.70. The minimum absolute atomic E-state index is 0.0786. The summed E-state index contributed by atoms with van der Waals surface area (Å²) in [4.78, 5) is 17.6. The van der Waals surface area contributed by atoms with E-state index in [1.807, 2.05) is 37.3 Å². The van der Waals surface area contributed by atoms with E-state index in [9.17, 15) is 4.79 Å². The highest BCUT2D eigenvalue weighted by Crippen LogP contribution is 2.22. The number of halogens is 1. The van der Waals surface area contributed by atoms with Crippen molar-refractivity contribution in [2.75, 3.05) is 39.8 Å². The van der Waals surface area contributed by atoms with Gasteiger partial charge in [0.25, 0.3) is 0 Å². The first kappa shape index (κ1) is 20.8. The van der Waals surface area contributed by atoms with Crippen LogP contribution in [0.2, 0.25) is 5.02 Å². The van der Waals surface area contributed by atoms with E-state index in [-0.39, 0.29) is 17.9 Å². The van der Waals surface area contributed by atoms with E-state index >= 15 is 0 Å². The van der Waals surface area contributed by atoms with Crippen LogP contribution >= 0.6 is 11.6 Å². The molecule has 0 bridgehead atoms. The fraction of sp³-hybridized carbons (Fsp3) is 0.435. The number of amides is 1. The van der Waals surface area contributed by atoms with Gasteiger partial charge in [0.2, 0.25) is 5.91 Å². The molecule has 1 heterocycles. The number of hydrogen-bond donors (Lipinski definition) is 1. The van der Waals surface area contributed by atoms with Crippen molar-refractivity contribution in [1.82, 2.24) is 15.1 Å². The summed E-state index contributed by atoms with van der Waals surface area (Å²) in [5.41, 5.74) is 2.39. The zero-order valence-electron chi connectivity index (χ0n) is 16.8. The number of piperazine rings is 1. The Morgan fingerprint density at radius 1 is 1.04 bits per heavy atom. The van der Waals surface area contributed by atoms with E-state index in [1.165, 1.54) is 5.56 Å². The van der Waals surface area contributed by atoms with Crippen LogP contribution in [0.3, 0.4) is 0 Å². The van der Waals surface area contributed by atoms with Gasteiger partial charge in [-0.3, -0.25) is 9.69 Å². The summed E-state index contributed by atoms with van der Waals surface area (Å²) < 4.78 is 0. The molecule has 1 amide bonds. The number of carbonyl (C=O) groups is 1. The van der Waals surface area contributed by atoms with E-state index < -0.39 is 0 Å². The fourth-order valence-corrected chi connectivity index (χ4v) is 3.83. The SMILES string of the molecule is CC(Cc1ccc(Cl)cc1)C(=O)NCC(c1ccccc1)N1CCN(C)CC1. The van der Waals surface area contributed by atoms with Crippen LogP contribution < -0.4 is 5.32 Å². The molecule has 0 spiro atoms. The molecule has 1 saturated heterocycles. The van der Waals surface area contributed by atoms with Crippen LogP contribution in [0, 0.1) is 5.92 Å². The van der Waals surface area contributed by atoms with Gasteiger partial charge in [-0.15, -0.1) is 0 Å². The predicted molar refractivity (Wildman–Crippen MR) is 116 cm³/mol. The average molecular weight is 400 g/mol. The van der Waals surface area contributed by atoms with Crippen molar-refractivity contribution in [2.45, 2.75) is 19.4 Å². The van der Waals surface area contributed by atoms with Crippen LogP contribution in [0.25, 0.3) is 0 Å². The zero-order chi connectivity index (χ0) is 19.9. The molecule has 1 fully saturated rings. The number of nitrogens with one attached hydrogen (secondary N) is 1. The number of benzene rings is 2. The predicted octanol–water partition coefficient (Wildman–Crippen LogP) is 3.62. The van der Waals surface area contributed by atoms with Gasteiger partial charge in [0, 0.05) is 43.7 Å². The van der Waals surface area contributed by atoms with E-state index in [0.29, 0.717) is 13.0 Å². The average Bonchev–Trinajstić information content (AvgIpc) is 2.71. The van der Waals surface area contributed by atoms with Gasteiger partial charge in [-0.1, -0.05) is 61.0 Å². The summed E-state index contributed by atoms with van der Waals surface area (Å²) in [5, 5.41) is 3.92. The second-order valence-corrected chi connectivity index (χ2v) is 8.18. The smallest absolute Gasteiger partial charge is 0.223 e. The molecule has 150 valence electrons. The summed E-state index contributed by atoms with van der Waals surface area (Å²) >= 11 is 5.95. The number of hydrogen-bond acceptors (Lipinski definition) is 3. The maximum absolute atomic E-state index is 12.7. The maximum atomic E-state index is 12.7. The zero-order valence-corrected chi connectivity index (χ0v) is 17.5. The monoisotopic (exact) mass is 399 g/mol. The van der Waals surface area contributed by atoms with Crippen LogP contribution in [0.15, 0.2) is 54.6 Å². The van der Waals surface area contributed by atoms with Gasteiger partial charge < -0.3 is 10.2 Å². The molecule has 5 heteroatoms. The second-order valence-electron chi connectivity index (χ2n) is 7.74. The molecule has 0 radical (unpaired) electrons. The first-order valence-electron chi connectivity index (χ1n) is 10.0. The first-order chi connectivity index (χ1) is 13.5. The van der Waals surface area contributed by atoms with E-state index in [2.05, 4.69) is 46.4 Å². The van der Waals surface area contributed by atoms with E-state index in [0.717, 1.165) is 36.8 Å². The normalized spacial score (nSPS) is 17.8. The van der Waals surface area contributed by atoms with Gasteiger partial charge >= 0.3 is 0 Å².